The number of amidine groups is 1. The molecule has 1 amide bonds. The van der Waals surface area contributed by atoms with Crippen molar-refractivity contribution >= 4 is 47.3 Å². The molecule has 0 spiro atoms. The molecule has 2 N–H and O–H groups in total. The molecule has 30 heavy (non-hydrogen) atoms. The summed E-state index contributed by atoms with van der Waals surface area (Å²) >= 11 is 1.20. The van der Waals surface area contributed by atoms with E-state index >= 15 is 0 Å². The van der Waals surface area contributed by atoms with Crippen molar-refractivity contribution in [3.8, 4) is 0 Å². The molecule has 0 saturated carbocycles. The van der Waals surface area contributed by atoms with E-state index in [0.29, 0.717) is 5.75 Å². The van der Waals surface area contributed by atoms with Gasteiger partial charge in [-0.25, -0.2) is 9.59 Å². The molecule has 10 nitrogen and oxygen atoms in total. The molecule has 1 saturated heterocycles. The fourth-order valence-corrected chi connectivity index (χ4v) is 3.50. The summed E-state index contributed by atoms with van der Waals surface area (Å²) in [6.45, 7) is 5.51. The van der Waals surface area contributed by atoms with Crippen molar-refractivity contribution in [2.45, 2.75) is 39.0 Å². The van der Waals surface area contributed by atoms with Crippen LogP contribution in [0, 0.1) is 0 Å². The van der Waals surface area contributed by atoms with Gasteiger partial charge in [-0.15, -0.1) is 0 Å². The Hall–Kier alpha value is -2.57. The lowest BCUT2D eigenvalue weighted by Gasteiger charge is -2.24. The summed E-state index contributed by atoms with van der Waals surface area (Å²) in [6, 6.07) is 6.58. The Kier molecular flexibility index (Phi) is 7.00. The maximum absolute atomic E-state index is 11.9. The molecule has 1 atom stereocenters. The van der Waals surface area contributed by atoms with Gasteiger partial charge in [0.1, 0.15) is 25.0 Å². The van der Waals surface area contributed by atoms with Crippen LogP contribution in [0.3, 0.4) is 0 Å². The molecular weight excluding hydrogens is 413 g/mol. The molecule has 1 aromatic rings. The Morgan fingerprint density at radius 2 is 2.10 bits per heavy atom. The lowest BCUT2D eigenvalue weighted by Crippen LogP contribution is -2.48. The molecule has 3 rings (SSSR count). The monoisotopic (exact) mass is 435 g/mol. The first-order valence-electron chi connectivity index (χ1n) is 9.17. The minimum absolute atomic E-state index is 0.0444. The highest BCUT2D eigenvalue weighted by molar-refractivity contribution is 8.14. The van der Waals surface area contributed by atoms with Gasteiger partial charge in [0, 0.05) is 5.75 Å². The second kappa shape index (κ2) is 9.50. The number of aliphatic carboxylic acids is 1. The summed E-state index contributed by atoms with van der Waals surface area (Å²) in [6.07, 6.45) is -0.656. The van der Waals surface area contributed by atoms with Crippen molar-refractivity contribution < 1.29 is 33.6 Å². The van der Waals surface area contributed by atoms with Gasteiger partial charge in [0.2, 0.25) is 0 Å². The number of carbonyl (C=O) groups excluding carboxylic acids is 1. The summed E-state index contributed by atoms with van der Waals surface area (Å²) in [7, 11) is -0.454. The number of thioether (sulfide) groups is 1. The van der Waals surface area contributed by atoms with Gasteiger partial charge in [0.15, 0.2) is 10.9 Å². The Labute approximate surface area is 178 Å². The third-order valence-corrected chi connectivity index (χ3v) is 4.89. The first-order valence-corrected chi connectivity index (χ1v) is 10.2. The van der Waals surface area contributed by atoms with Crippen molar-refractivity contribution in [3.63, 3.8) is 0 Å². The maximum Gasteiger partial charge on any atom is 0.497 e. The van der Waals surface area contributed by atoms with Crippen LogP contribution in [0.4, 0.5) is 4.79 Å². The van der Waals surface area contributed by atoms with Crippen LogP contribution >= 0.6 is 11.8 Å². The average molecular weight is 435 g/mol. The van der Waals surface area contributed by atoms with Gasteiger partial charge in [-0.05, 0) is 31.8 Å². The van der Waals surface area contributed by atoms with Crippen LogP contribution in [0.5, 0.6) is 0 Å². The van der Waals surface area contributed by atoms with Crippen LogP contribution in [0.2, 0.25) is 0 Å². The minimum Gasteiger partial charge on any atom is -0.477 e. The molecule has 160 valence electrons. The number of hydrogen-bond donors (Lipinski definition) is 2. The fraction of sp³-hybridized carbons (Fsp3) is 0.444. The van der Waals surface area contributed by atoms with E-state index in [-0.39, 0.29) is 24.3 Å². The normalized spacial score (nSPS) is 19.0. The van der Waals surface area contributed by atoms with E-state index in [4.69, 9.17) is 18.9 Å². The highest BCUT2D eigenvalue weighted by atomic mass is 32.2. The molecule has 0 radical (unpaired) electrons. The second-order valence-corrected chi connectivity index (χ2v) is 8.43. The molecule has 2 aliphatic rings. The number of carbonyl (C=O) groups is 2. The summed E-state index contributed by atoms with van der Waals surface area (Å²) in [5.41, 5.74) is 0.666. The lowest BCUT2D eigenvalue weighted by atomic mass is 9.74. The number of oxime groups is 1. The Bertz CT molecular complexity index is 868. The van der Waals surface area contributed by atoms with Crippen LogP contribution < -0.4 is 10.8 Å². The summed E-state index contributed by atoms with van der Waals surface area (Å²) < 4.78 is 15.8. The van der Waals surface area contributed by atoms with Gasteiger partial charge in [0.05, 0.1) is 0 Å². The standard InChI is InChI=1S/C18H22BN3O7S/c1-18(2,3)29-17(25)21-16-20-13(9-30-16)14(15(23)24)22-28-8-11-6-4-5-7-12(11)19-26-10-27-19/h4-7,13H,8-10H2,1-3H3,(H,23,24)(H,20,21,25)/b22-14-. The Balaban J connectivity index is 1.62. The Morgan fingerprint density at radius 1 is 1.37 bits per heavy atom. The predicted octanol–water partition coefficient (Wildman–Crippen LogP) is 1.34. The molecule has 0 aliphatic carbocycles. The zero-order valence-corrected chi connectivity index (χ0v) is 17.6. The van der Waals surface area contributed by atoms with Crippen LogP contribution in [0.1, 0.15) is 26.3 Å². The number of nitrogens with zero attached hydrogens (tertiary/aromatic N) is 2. The molecule has 0 bridgehead atoms. The number of alkyl carbamates (subject to hydrolysis) is 1. The molecule has 2 aliphatic heterocycles. The number of ether oxygens (including phenoxy) is 1. The molecule has 1 unspecified atom stereocenters. The third kappa shape index (κ3) is 5.97. The number of amides is 1. The maximum atomic E-state index is 11.9. The van der Waals surface area contributed by atoms with Crippen LogP contribution in [0.25, 0.3) is 0 Å². The SMILES string of the molecule is CC(C)(C)OC(=O)NC1=NC(/C(=N/OCc2ccccc2B2OCO2)C(=O)O)CS1. The first kappa shape index (κ1) is 22.1. The van der Waals surface area contributed by atoms with Gasteiger partial charge < -0.3 is 24.0 Å². The van der Waals surface area contributed by atoms with Gasteiger partial charge in [-0.2, -0.15) is 0 Å². The highest BCUT2D eigenvalue weighted by Crippen LogP contribution is 2.19. The molecule has 2 heterocycles. The fourth-order valence-electron chi connectivity index (χ4n) is 2.60. The largest absolute Gasteiger partial charge is 0.497 e. The predicted molar refractivity (Wildman–Crippen MR) is 112 cm³/mol. The number of hydrogen-bond acceptors (Lipinski definition) is 9. The van der Waals surface area contributed by atoms with Crippen molar-refractivity contribution in [2.75, 3.05) is 12.5 Å². The second-order valence-electron chi connectivity index (χ2n) is 7.42. The van der Waals surface area contributed by atoms with E-state index in [1.165, 1.54) is 11.8 Å². The third-order valence-electron chi connectivity index (χ3n) is 3.92. The zero-order chi connectivity index (χ0) is 21.7. The minimum atomic E-state index is -1.25. The highest BCUT2D eigenvalue weighted by Gasteiger charge is 2.32. The summed E-state index contributed by atoms with van der Waals surface area (Å²) in [5, 5.41) is 16.1. The van der Waals surface area contributed by atoms with Crippen molar-refractivity contribution in [1.82, 2.24) is 5.32 Å². The number of carboxylic acid groups (broad SMARTS) is 1. The van der Waals surface area contributed by atoms with Gasteiger partial charge in [-0.3, -0.25) is 10.3 Å². The van der Waals surface area contributed by atoms with Gasteiger partial charge in [0.25, 0.3) is 0 Å². The molecular formula is C18H22BN3O7S. The van der Waals surface area contributed by atoms with Crippen LogP contribution in [0.15, 0.2) is 34.4 Å². The zero-order valence-electron chi connectivity index (χ0n) is 16.8. The van der Waals surface area contributed by atoms with Gasteiger partial charge in [-0.1, -0.05) is 41.2 Å². The van der Waals surface area contributed by atoms with Crippen LogP contribution in [-0.4, -0.2) is 59.4 Å². The topological polar surface area (TPSA) is 128 Å². The van der Waals surface area contributed by atoms with E-state index in [1.807, 2.05) is 24.3 Å². The lowest BCUT2D eigenvalue weighted by molar-refractivity contribution is -0.129. The van der Waals surface area contributed by atoms with E-state index in [0.717, 1.165) is 11.0 Å². The number of carboxylic acids is 1. The summed E-state index contributed by atoms with van der Waals surface area (Å²) in [4.78, 5) is 33.0. The number of aliphatic imine (C=N–C) groups is 1. The number of rotatable bonds is 6. The van der Waals surface area contributed by atoms with E-state index < -0.39 is 30.8 Å². The smallest absolute Gasteiger partial charge is 0.477 e. The Morgan fingerprint density at radius 3 is 2.73 bits per heavy atom. The number of benzene rings is 1. The quantitative estimate of drug-likeness (QED) is 0.389. The molecule has 1 aromatic carbocycles. The number of nitrogens with one attached hydrogen (secondary N) is 1. The van der Waals surface area contributed by atoms with Crippen molar-refractivity contribution in [1.29, 1.82) is 0 Å². The van der Waals surface area contributed by atoms with E-state index in [2.05, 4.69) is 15.5 Å². The van der Waals surface area contributed by atoms with Crippen molar-refractivity contribution in [3.05, 3.63) is 29.8 Å². The van der Waals surface area contributed by atoms with Crippen molar-refractivity contribution in [2.24, 2.45) is 10.1 Å². The summed E-state index contributed by atoms with van der Waals surface area (Å²) in [5.74, 6) is -0.943. The van der Waals surface area contributed by atoms with E-state index in [9.17, 15) is 14.7 Å². The first-order chi connectivity index (χ1) is 14.2. The van der Waals surface area contributed by atoms with Gasteiger partial charge >= 0.3 is 19.2 Å². The molecule has 0 aromatic heterocycles. The average Bonchev–Trinajstić information content (AvgIpc) is 3.04. The van der Waals surface area contributed by atoms with Crippen LogP contribution in [-0.2, 0) is 30.3 Å². The molecule has 1 fully saturated rings. The molecule has 12 heteroatoms. The van der Waals surface area contributed by atoms with E-state index in [1.54, 1.807) is 20.8 Å².